The van der Waals surface area contributed by atoms with E-state index in [0.29, 0.717) is 12.1 Å². The first kappa shape index (κ1) is 22.6. The normalized spacial score (nSPS) is 12.6. The first-order valence-electron chi connectivity index (χ1n) is 10.8. The Kier molecular flexibility index (Phi) is 6.49. The Labute approximate surface area is 189 Å². The molecule has 0 unspecified atom stereocenters. The first-order chi connectivity index (χ1) is 15.9. The van der Waals surface area contributed by atoms with Crippen LogP contribution in [0.1, 0.15) is 47.1 Å². The summed E-state index contributed by atoms with van der Waals surface area (Å²) in [5.41, 5.74) is 3.89. The number of amides is 1. The zero-order valence-corrected chi connectivity index (χ0v) is 18.1. The van der Waals surface area contributed by atoms with E-state index < -0.39 is 17.7 Å². The zero-order chi connectivity index (χ0) is 23.4. The molecular weight excluding hydrogens is 427 g/mol. The summed E-state index contributed by atoms with van der Waals surface area (Å²) in [5.74, 6) is -0.580. The topological polar surface area (TPSA) is 57.8 Å². The quantitative estimate of drug-likeness (QED) is 0.363. The van der Waals surface area contributed by atoms with Crippen molar-refractivity contribution in [3.63, 3.8) is 0 Å². The van der Waals surface area contributed by atoms with Crippen LogP contribution in [0.4, 0.5) is 13.2 Å². The maximum atomic E-state index is 13.1. The first-order valence-corrected chi connectivity index (χ1v) is 10.8. The second-order valence-electron chi connectivity index (χ2n) is 7.95. The largest absolute Gasteiger partial charge is 0.416 e. The molecule has 0 spiro atoms. The predicted molar refractivity (Wildman–Crippen MR) is 122 cm³/mol. The number of halogens is 3. The van der Waals surface area contributed by atoms with Gasteiger partial charge in [0.2, 0.25) is 5.91 Å². The van der Waals surface area contributed by atoms with E-state index in [9.17, 15) is 18.0 Å². The average Bonchev–Trinajstić information content (AvgIpc) is 3.25. The Morgan fingerprint density at radius 1 is 1.06 bits per heavy atom. The monoisotopic (exact) mass is 451 g/mol. The smallest absolute Gasteiger partial charge is 0.361 e. The lowest BCUT2D eigenvalue weighted by molar-refractivity contribution is -0.137. The molecule has 2 aromatic heterocycles. The molecule has 4 aromatic rings. The van der Waals surface area contributed by atoms with Gasteiger partial charge in [0.15, 0.2) is 0 Å². The number of pyridine rings is 1. The fourth-order valence-electron chi connectivity index (χ4n) is 4.09. The minimum atomic E-state index is -4.41. The van der Waals surface area contributed by atoms with Gasteiger partial charge in [-0.2, -0.15) is 13.2 Å². The third kappa shape index (κ3) is 5.08. The van der Waals surface area contributed by atoms with E-state index in [1.165, 1.54) is 12.1 Å². The highest BCUT2D eigenvalue weighted by molar-refractivity contribution is 5.88. The number of carbonyl (C=O) groups is 1. The molecule has 0 aliphatic carbocycles. The van der Waals surface area contributed by atoms with Crippen LogP contribution >= 0.6 is 0 Å². The number of hydrogen-bond acceptors (Lipinski definition) is 2. The van der Waals surface area contributed by atoms with Crippen LogP contribution < -0.4 is 5.32 Å². The van der Waals surface area contributed by atoms with Crippen molar-refractivity contribution in [1.29, 1.82) is 0 Å². The SMILES string of the molecule is CCc1cccc2c([C@@H](CC(=O)NCc3ccncc3)c3ccc(C(F)(F)F)cc3)c[nH]c12. The highest BCUT2D eigenvalue weighted by Gasteiger charge is 2.31. The van der Waals surface area contributed by atoms with E-state index in [4.69, 9.17) is 0 Å². The molecule has 170 valence electrons. The highest BCUT2D eigenvalue weighted by Crippen LogP contribution is 2.36. The maximum Gasteiger partial charge on any atom is 0.416 e. The molecule has 2 N–H and O–H groups in total. The molecule has 0 aliphatic heterocycles. The molecule has 2 heterocycles. The second-order valence-corrected chi connectivity index (χ2v) is 7.95. The van der Waals surface area contributed by atoms with Gasteiger partial charge in [0.25, 0.3) is 0 Å². The van der Waals surface area contributed by atoms with Crippen molar-refractivity contribution in [2.24, 2.45) is 0 Å². The molecule has 2 aromatic carbocycles. The molecule has 4 nitrogen and oxygen atoms in total. The van der Waals surface area contributed by atoms with Crippen molar-refractivity contribution in [2.45, 2.75) is 38.4 Å². The van der Waals surface area contributed by atoms with Gasteiger partial charge in [0.05, 0.1) is 5.56 Å². The Morgan fingerprint density at radius 2 is 1.79 bits per heavy atom. The lowest BCUT2D eigenvalue weighted by Crippen LogP contribution is -2.25. The Balaban J connectivity index is 1.66. The number of rotatable bonds is 7. The number of carbonyl (C=O) groups excluding carboxylic acids is 1. The molecule has 1 amide bonds. The van der Waals surface area contributed by atoms with Gasteiger partial charge in [-0.3, -0.25) is 9.78 Å². The summed E-state index contributed by atoms with van der Waals surface area (Å²) in [7, 11) is 0. The van der Waals surface area contributed by atoms with E-state index in [2.05, 4.69) is 22.2 Å². The lowest BCUT2D eigenvalue weighted by atomic mass is 9.87. The Bertz CT molecular complexity index is 1230. The number of aryl methyl sites for hydroxylation is 1. The molecule has 0 saturated carbocycles. The fourth-order valence-corrected chi connectivity index (χ4v) is 4.09. The van der Waals surface area contributed by atoms with Gasteiger partial charge in [-0.25, -0.2) is 0 Å². The number of fused-ring (bicyclic) bond motifs is 1. The molecule has 0 fully saturated rings. The molecule has 1 atom stereocenters. The summed E-state index contributed by atoms with van der Waals surface area (Å²) < 4.78 is 39.3. The van der Waals surface area contributed by atoms with E-state index in [0.717, 1.165) is 46.1 Å². The van der Waals surface area contributed by atoms with Gasteiger partial charge in [-0.15, -0.1) is 0 Å². The second kappa shape index (κ2) is 9.48. The molecule has 0 aliphatic rings. The number of hydrogen-bond donors (Lipinski definition) is 2. The van der Waals surface area contributed by atoms with Crippen molar-refractivity contribution in [2.75, 3.05) is 0 Å². The third-order valence-electron chi connectivity index (χ3n) is 5.86. The molecule has 33 heavy (non-hydrogen) atoms. The van der Waals surface area contributed by atoms with Crippen molar-refractivity contribution >= 4 is 16.8 Å². The molecule has 0 radical (unpaired) electrons. The lowest BCUT2D eigenvalue weighted by Gasteiger charge is -2.18. The average molecular weight is 451 g/mol. The summed E-state index contributed by atoms with van der Waals surface area (Å²) in [5, 5.41) is 3.88. The number of H-pyrrole nitrogens is 1. The van der Waals surface area contributed by atoms with E-state index in [-0.39, 0.29) is 12.3 Å². The zero-order valence-electron chi connectivity index (χ0n) is 18.1. The van der Waals surface area contributed by atoms with Crippen molar-refractivity contribution < 1.29 is 18.0 Å². The van der Waals surface area contributed by atoms with Crippen LogP contribution in [0, 0.1) is 0 Å². The molecule has 0 bridgehead atoms. The van der Waals surface area contributed by atoms with Crippen LogP contribution in [0.3, 0.4) is 0 Å². The van der Waals surface area contributed by atoms with E-state index in [1.54, 1.807) is 12.4 Å². The van der Waals surface area contributed by atoms with Crippen LogP contribution in [-0.2, 0) is 23.9 Å². The number of nitrogens with zero attached hydrogens (tertiary/aromatic N) is 1. The number of para-hydroxylation sites is 1. The van der Waals surface area contributed by atoms with Crippen molar-refractivity contribution in [3.05, 3.63) is 101 Å². The number of benzene rings is 2. The van der Waals surface area contributed by atoms with Crippen LogP contribution in [0.15, 0.2) is 73.2 Å². The van der Waals surface area contributed by atoms with Crippen LogP contribution in [0.2, 0.25) is 0 Å². The Hall–Kier alpha value is -3.61. The van der Waals surface area contributed by atoms with Gasteiger partial charge in [0.1, 0.15) is 0 Å². The van der Waals surface area contributed by atoms with Gasteiger partial charge < -0.3 is 10.3 Å². The highest BCUT2D eigenvalue weighted by atomic mass is 19.4. The standard InChI is InChI=1S/C26H24F3N3O/c1-2-18-4-3-5-21-23(16-32-25(18)21)22(19-6-8-20(9-7-19)26(27,28)29)14-24(33)31-15-17-10-12-30-13-11-17/h3-13,16,22,32H,2,14-15H2,1H3,(H,31,33)/t22-/m0/s1. The van der Waals surface area contributed by atoms with Crippen LogP contribution in [0.5, 0.6) is 0 Å². The number of aromatic amines is 1. The van der Waals surface area contributed by atoms with Gasteiger partial charge in [-0.1, -0.05) is 37.3 Å². The number of alkyl halides is 3. The van der Waals surface area contributed by atoms with Crippen LogP contribution in [-0.4, -0.2) is 15.9 Å². The molecule has 4 rings (SSSR count). The maximum absolute atomic E-state index is 13.1. The van der Waals surface area contributed by atoms with Crippen molar-refractivity contribution in [3.8, 4) is 0 Å². The predicted octanol–water partition coefficient (Wildman–Crippen LogP) is 5.98. The summed E-state index contributed by atoms with van der Waals surface area (Å²) in [6, 6.07) is 14.7. The molecule has 0 saturated heterocycles. The van der Waals surface area contributed by atoms with Crippen LogP contribution in [0.25, 0.3) is 10.9 Å². The van der Waals surface area contributed by atoms with Gasteiger partial charge in [0, 0.05) is 48.4 Å². The summed E-state index contributed by atoms with van der Waals surface area (Å²) >= 11 is 0. The summed E-state index contributed by atoms with van der Waals surface area (Å²) in [6.45, 7) is 2.42. The minimum Gasteiger partial charge on any atom is -0.361 e. The number of nitrogens with one attached hydrogen (secondary N) is 2. The Morgan fingerprint density at radius 3 is 2.45 bits per heavy atom. The molecular formula is C26H24F3N3O. The van der Waals surface area contributed by atoms with Gasteiger partial charge >= 0.3 is 6.18 Å². The van der Waals surface area contributed by atoms with E-state index >= 15 is 0 Å². The minimum absolute atomic E-state index is 0.111. The number of aromatic nitrogens is 2. The summed E-state index contributed by atoms with van der Waals surface area (Å²) in [4.78, 5) is 20.1. The fraction of sp³-hybridized carbons (Fsp3) is 0.231. The third-order valence-corrected chi connectivity index (χ3v) is 5.86. The van der Waals surface area contributed by atoms with Gasteiger partial charge in [-0.05, 0) is 52.9 Å². The molecule has 7 heteroatoms. The van der Waals surface area contributed by atoms with Crippen molar-refractivity contribution in [1.82, 2.24) is 15.3 Å². The van der Waals surface area contributed by atoms with E-state index in [1.807, 2.05) is 36.5 Å². The summed E-state index contributed by atoms with van der Waals surface area (Å²) in [6.07, 6.45) is 1.72.